The van der Waals surface area contributed by atoms with Crippen molar-refractivity contribution in [3.05, 3.63) is 65.5 Å². The van der Waals surface area contributed by atoms with Crippen molar-refractivity contribution in [3.63, 3.8) is 0 Å². The molecule has 34 heavy (non-hydrogen) atoms. The Kier molecular flexibility index (Phi) is 5.39. The smallest absolute Gasteiger partial charge is 0.213 e. The maximum Gasteiger partial charge on any atom is 0.213 e. The van der Waals surface area contributed by atoms with Crippen LogP contribution in [0.25, 0.3) is 22.3 Å². The van der Waals surface area contributed by atoms with Gasteiger partial charge in [0.1, 0.15) is 23.1 Å². The van der Waals surface area contributed by atoms with Crippen molar-refractivity contribution < 1.29 is 19.3 Å². The molecule has 1 saturated heterocycles. The van der Waals surface area contributed by atoms with E-state index in [1.54, 1.807) is 13.3 Å². The summed E-state index contributed by atoms with van der Waals surface area (Å²) in [7, 11) is 1.62. The molecule has 2 N–H and O–H groups in total. The van der Waals surface area contributed by atoms with Crippen LogP contribution in [0.3, 0.4) is 0 Å². The second kappa shape index (κ2) is 8.70. The first kappa shape index (κ1) is 21.1. The Bertz CT molecular complexity index is 1310. The molecule has 3 aromatic heterocycles. The number of rotatable bonds is 5. The van der Waals surface area contributed by atoms with E-state index in [1.165, 1.54) is 0 Å². The Morgan fingerprint density at radius 2 is 1.97 bits per heavy atom. The summed E-state index contributed by atoms with van der Waals surface area (Å²) in [4.78, 5) is 9.48. The summed E-state index contributed by atoms with van der Waals surface area (Å²) >= 11 is 0. The number of nitrogens with zero attached hydrogens (tertiary/aromatic N) is 3. The minimum atomic E-state index is -0.560. The van der Waals surface area contributed by atoms with Crippen LogP contribution in [0.1, 0.15) is 35.6 Å². The zero-order valence-corrected chi connectivity index (χ0v) is 18.9. The number of H-pyrrole nitrogens is 1. The third-order valence-corrected chi connectivity index (χ3v) is 6.71. The molecule has 0 spiro atoms. The number of benzene rings is 1. The fourth-order valence-electron chi connectivity index (χ4n) is 4.99. The highest BCUT2D eigenvalue weighted by Gasteiger charge is 2.35. The highest BCUT2D eigenvalue weighted by Crippen LogP contribution is 2.42. The Hall–Kier alpha value is -3.49. The second-order valence-corrected chi connectivity index (χ2v) is 8.81. The minimum Gasteiger partial charge on any atom is -0.495 e. The van der Waals surface area contributed by atoms with Crippen molar-refractivity contribution in [2.24, 2.45) is 0 Å². The van der Waals surface area contributed by atoms with Crippen LogP contribution < -0.4 is 9.47 Å². The maximum atomic E-state index is 10.9. The van der Waals surface area contributed by atoms with Crippen molar-refractivity contribution in [1.29, 1.82) is 0 Å². The van der Waals surface area contributed by atoms with Gasteiger partial charge in [0, 0.05) is 36.7 Å². The van der Waals surface area contributed by atoms with Gasteiger partial charge in [-0.15, -0.1) is 0 Å². The maximum absolute atomic E-state index is 10.9. The SMILES string of the molecule is COc1cc2[nH]nc(-c3ccc(OC4CCOCC4)nc3)c2nc1C1c2ccccc2CC1O. The lowest BCUT2D eigenvalue weighted by Gasteiger charge is -2.22. The van der Waals surface area contributed by atoms with Crippen molar-refractivity contribution >= 4 is 11.0 Å². The van der Waals surface area contributed by atoms with Gasteiger partial charge >= 0.3 is 0 Å². The summed E-state index contributed by atoms with van der Waals surface area (Å²) in [5, 5.41) is 18.5. The van der Waals surface area contributed by atoms with Crippen LogP contribution in [0.15, 0.2) is 48.7 Å². The zero-order valence-electron chi connectivity index (χ0n) is 18.9. The zero-order chi connectivity index (χ0) is 23.1. The van der Waals surface area contributed by atoms with E-state index in [0.717, 1.165) is 48.3 Å². The molecule has 0 saturated carbocycles. The normalized spacial score (nSPS) is 20.4. The number of aliphatic hydroxyl groups excluding tert-OH is 1. The van der Waals surface area contributed by atoms with E-state index in [-0.39, 0.29) is 12.0 Å². The van der Waals surface area contributed by atoms with Crippen molar-refractivity contribution in [2.45, 2.75) is 37.4 Å². The lowest BCUT2D eigenvalue weighted by atomic mass is 9.94. The molecule has 174 valence electrons. The molecular weight excluding hydrogens is 432 g/mol. The van der Waals surface area contributed by atoms with Crippen LogP contribution in [0, 0.1) is 0 Å². The summed E-state index contributed by atoms with van der Waals surface area (Å²) < 4.78 is 17.1. The van der Waals surface area contributed by atoms with Gasteiger partial charge in [-0.3, -0.25) is 5.10 Å². The van der Waals surface area contributed by atoms with Gasteiger partial charge in [0.2, 0.25) is 5.88 Å². The average molecular weight is 459 g/mol. The fraction of sp³-hybridized carbons (Fsp3) is 0.346. The van der Waals surface area contributed by atoms with Gasteiger partial charge in [-0.05, 0) is 23.6 Å². The quantitative estimate of drug-likeness (QED) is 0.471. The number of methoxy groups -OCH3 is 1. The average Bonchev–Trinajstić information content (AvgIpc) is 3.44. The molecule has 8 nitrogen and oxygen atoms in total. The van der Waals surface area contributed by atoms with E-state index in [0.29, 0.717) is 35.0 Å². The first-order valence-corrected chi connectivity index (χ1v) is 11.6. The molecule has 4 aromatic rings. The molecule has 1 aliphatic carbocycles. The van der Waals surface area contributed by atoms with Gasteiger partial charge in [-0.2, -0.15) is 5.10 Å². The topological polar surface area (TPSA) is 102 Å². The van der Waals surface area contributed by atoms with E-state index in [4.69, 9.17) is 19.2 Å². The predicted molar refractivity (Wildman–Crippen MR) is 126 cm³/mol. The van der Waals surface area contributed by atoms with Crippen molar-refractivity contribution in [3.8, 4) is 22.9 Å². The molecule has 2 atom stereocenters. The molecule has 0 amide bonds. The summed E-state index contributed by atoms with van der Waals surface area (Å²) in [5.41, 5.74) is 5.95. The molecule has 0 bridgehead atoms. The Morgan fingerprint density at radius 3 is 2.76 bits per heavy atom. The number of ether oxygens (including phenoxy) is 3. The van der Waals surface area contributed by atoms with E-state index in [1.807, 2.05) is 30.3 Å². The van der Waals surface area contributed by atoms with Gasteiger partial charge < -0.3 is 19.3 Å². The molecule has 1 aromatic carbocycles. The number of aromatic nitrogens is 4. The van der Waals surface area contributed by atoms with Gasteiger partial charge in [0.15, 0.2) is 0 Å². The van der Waals surface area contributed by atoms with E-state index >= 15 is 0 Å². The fourth-order valence-corrected chi connectivity index (χ4v) is 4.99. The number of pyridine rings is 2. The van der Waals surface area contributed by atoms with E-state index in [9.17, 15) is 5.11 Å². The van der Waals surface area contributed by atoms with Crippen LogP contribution >= 0.6 is 0 Å². The molecule has 4 heterocycles. The van der Waals surface area contributed by atoms with Gasteiger partial charge in [0.25, 0.3) is 0 Å². The first-order chi connectivity index (χ1) is 16.7. The molecule has 1 aliphatic heterocycles. The Morgan fingerprint density at radius 1 is 1.12 bits per heavy atom. The van der Waals surface area contributed by atoms with E-state index < -0.39 is 6.10 Å². The molecule has 6 rings (SSSR count). The largest absolute Gasteiger partial charge is 0.495 e. The van der Waals surface area contributed by atoms with Gasteiger partial charge in [0.05, 0.1) is 43.6 Å². The third-order valence-electron chi connectivity index (χ3n) is 6.71. The monoisotopic (exact) mass is 458 g/mol. The van der Waals surface area contributed by atoms with Crippen LogP contribution in [0.4, 0.5) is 0 Å². The minimum absolute atomic E-state index is 0.135. The standard InChI is InChI=1S/C26H26N4O4/c1-32-21-13-19-25(28-26(21)23-18-5-3-2-4-15(18)12-20(23)31)24(30-29-19)16-6-7-22(27-14-16)34-17-8-10-33-11-9-17/h2-7,13-14,17,20,23,31H,8-12H2,1H3,(H,29,30). The molecule has 0 radical (unpaired) electrons. The molecule has 2 aliphatic rings. The number of aromatic amines is 1. The highest BCUT2D eigenvalue weighted by atomic mass is 16.5. The predicted octanol–water partition coefficient (Wildman–Crippen LogP) is 3.64. The summed E-state index contributed by atoms with van der Waals surface area (Å²) in [5.74, 6) is 0.963. The molecule has 2 unspecified atom stereocenters. The van der Waals surface area contributed by atoms with Crippen LogP contribution in [0.5, 0.6) is 11.6 Å². The first-order valence-electron chi connectivity index (χ1n) is 11.6. The summed E-state index contributed by atoms with van der Waals surface area (Å²) in [6.45, 7) is 1.44. The number of hydrogen-bond acceptors (Lipinski definition) is 7. The summed E-state index contributed by atoms with van der Waals surface area (Å²) in [6, 6.07) is 13.8. The Balaban J connectivity index is 1.36. The lowest BCUT2D eigenvalue weighted by Crippen LogP contribution is -2.26. The molecule has 8 heteroatoms. The lowest BCUT2D eigenvalue weighted by molar-refractivity contribution is 0.0237. The number of aliphatic hydroxyl groups is 1. The van der Waals surface area contributed by atoms with Crippen molar-refractivity contribution in [2.75, 3.05) is 20.3 Å². The number of hydrogen-bond donors (Lipinski definition) is 2. The van der Waals surface area contributed by atoms with Crippen LogP contribution in [-0.2, 0) is 11.2 Å². The van der Waals surface area contributed by atoms with Crippen LogP contribution in [-0.4, -0.2) is 57.8 Å². The number of nitrogens with one attached hydrogen (secondary N) is 1. The van der Waals surface area contributed by atoms with Crippen molar-refractivity contribution in [1.82, 2.24) is 20.2 Å². The van der Waals surface area contributed by atoms with E-state index in [2.05, 4.69) is 27.3 Å². The molecule has 1 fully saturated rings. The third kappa shape index (κ3) is 3.69. The Labute approximate surface area is 196 Å². The molecular formula is C26H26N4O4. The summed E-state index contributed by atoms with van der Waals surface area (Å²) in [6.07, 6.45) is 3.68. The second-order valence-electron chi connectivity index (χ2n) is 8.81. The van der Waals surface area contributed by atoms with Crippen LogP contribution in [0.2, 0.25) is 0 Å². The van der Waals surface area contributed by atoms with Gasteiger partial charge in [-0.25, -0.2) is 9.97 Å². The highest BCUT2D eigenvalue weighted by molar-refractivity contribution is 5.90. The van der Waals surface area contributed by atoms with Gasteiger partial charge in [-0.1, -0.05) is 24.3 Å². The number of fused-ring (bicyclic) bond motifs is 2.